The number of nitrogens with two attached hydrogens (primary N) is 1. The van der Waals surface area contributed by atoms with Crippen molar-refractivity contribution in [3.8, 4) is 0 Å². The number of hydrogen-bond donors (Lipinski definition) is 4. The van der Waals surface area contributed by atoms with Gasteiger partial charge in [0.15, 0.2) is 0 Å². The van der Waals surface area contributed by atoms with Crippen molar-refractivity contribution in [3.05, 3.63) is 16.0 Å². The molecule has 1 heterocycles. The summed E-state index contributed by atoms with van der Waals surface area (Å²) in [4.78, 5) is 24.7. The second kappa shape index (κ2) is 8.11. The lowest BCUT2D eigenvalue weighted by Crippen LogP contribution is -2.32. The highest BCUT2D eigenvalue weighted by Gasteiger charge is 2.24. The van der Waals surface area contributed by atoms with Crippen LogP contribution in [0.25, 0.3) is 0 Å². The summed E-state index contributed by atoms with van der Waals surface area (Å²) >= 11 is 1.43. The Balaban J connectivity index is 1.95. The van der Waals surface area contributed by atoms with E-state index in [0.29, 0.717) is 23.7 Å². The molecule has 0 aromatic carbocycles. The van der Waals surface area contributed by atoms with Gasteiger partial charge < -0.3 is 20.9 Å². The van der Waals surface area contributed by atoms with Gasteiger partial charge in [0.2, 0.25) is 0 Å². The highest BCUT2D eigenvalue weighted by molar-refractivity contribution is 7.17. The second-order valence-electron chi connectivity index (χ2n) is 5.00. The largest absolute Gasteiger partial charge is 0.394 e. The zero-order chi connectivity index (χ0) is 15.9. The summed E-state index contributed by atoms with van der Waals surface area (Å²) < 4.78 is 5.05. The van der Waals surface area contributed by atoms with Crippen LogP contribution in [0.15, 0.2) is 0 Å². The van der Waals surface area contributed by atoms with E-state index in [0.717, 1.165) is 36.1 Å². The molecule has 0 unspecified atom stereocenters. The lowest BCUT2D eigenvalue weighted by molar-refractivity contribution is 0.0950. The number of aliphatic hydroxyl groups is 1. The van der Waals surface area contributed by atoms with E-state index in [1.165, 1.54) is 11.3 Å². The number of fused-ring (bicyclic) bond motifs is 1. The smallest absolute Gasteiger partial charge is 0.319 e. The van der Waals surface area contributed by atoms with Gasteiger partial charge in [0.25, 0.3) is 5.91 Å². The number of aryl methyl sites for hydroxylation is 1. The Hall–Kier alpha value is -1.64. The molecule has 1 aliphatic carbocycles. The minimum absolute atomic E-state index is 0.0467. The van der Waals surface area contributed by atoms with Crippen LogP contribution >= 0.6 is 11.3 Å². The Morgan fingerprint density at radius 1 is 1.27 bits per heavy atom. The predicted molar refractivity (Wildman–Crippen MR) is 84.4 cm³/mol. The van der Waals surface area contributed by atoms with Crippen molar-refractivity contribution in [2.45, 2.75) is 25.7 Å². The van der Waals surface area contributed by atoms with Crippen molar-refractivity contribution in [3.63, 3.8) is 0 Å². The predicted octanol–water partition coefficient (Wildman–Crippen LogP) is 0.856. The van der Waals surface area contributed by atoms with Gasteiger partial charge in [-0.3, -0.25) is 10.1 Å². The number of carbonyl (C=O) groups excluding carboxylic acids is 2. The molecular weight excluding hydrogens is 306 g/mol. The van der Waals surface area contributed by atoms with Crippen LogP contribution in [-0.4, -0.2) is 43.4 Å². The second-order valence-corrected chi connectivity index (χ2v) is 6.10. The number of ether oxygens (including phenoxy) is 1. The topological polar surface area (TPSA) is 114 Å². The molecule has 0 atom stereocenters. The van der Waals surface area contributed by atoms with E-state index < -0.39 is 11.9 Å². The third-order valence-corrected chi connectivity index (χ3v) is 4.62. The lowest BCUT2D eigenvalue weighted by Gasteiger charge is -2.11. The third-order valence-electron chi connectivity index (χ3n) is 3.41. The fourth-order valence-corrected chi connectivity index (χ4v) is 3.75. The Kier molecular flexibility index (Phi) is 6.17. The maximum Gasteiger partial charge on any atom is 0.319 e. The number of carbonyl (C=O) groups is 2. The standard InChI is InChI=1S/C14H21N3O4S/c15-12(19)11-9-3-1-2-4-10(9)22-13(11)17-14(20)16-5-7-21-8-6-18/h18H,1-8H2,(H2,15,19)(H2,16,17,20). The fraction of sp³-hybridized carbons (Fsp3) is 0.571. The number of anilines is 1. The van der Waals surface area contributed by atoms with Crippen molar-refractivity contribution in [2.75, 3.05) is 31.7 Å². The quantitative estimate of drug-likeness (QED) is 0.556. The molecule has 0 saturated heterocycles. The number of nitrogens with one attached hydrogen (secondary N) is 2. The fourth-order valence-electron chi connectivity index (χ4n) is 2.47. The van der Waals surface area contributed by atoms with Gasteiger partial charge in [-0.15, -0.1) is 11.3 Å². The number of thiophene rings is 1. The number of aliphatic hydroxyl groups excluding tert-OH is 1. The molecule has 0 radical (unpaired) electrons. The van der Waals surface area contributed by atoms with Crippen LogP contribution in [0.2, 0.25) is 0 Å². The van der Waals surface area contributed by atoms with E-state index >= 15 is 0 Å². The molecule has 3 amide bonds. The Labute approximate surface area is 132 Å². The monoisotopic (exact) mass is 327 g/mol. The number of urea groups is 1. The van der Waals surface area contributed by atoms with E-state index in [1.54, 1.807) is 0 Å². The molecule has 8 heteroatoms. The van der Waals surface area contributed by atoms with E-state index in [2.05, 4.69) is 10.6 Å². The van der Waals surface area contributed by atoms with Gasteiger partial charge in [0, 0.05) is 11.4 Å². The summed E-state index contributed by atoms with van der Waals surface area (Å²) in [6.07, 6.45) is 3.90. The van der Waals surface area contributed by atoms with E-state index in [4.69, 9.17) is 15.6 Å². The SMILES string of the molecule is NC(=O)c1c(NC(=O)NCCOCCO)sc2c1CCCC2. The van der Waals surface area contributed by atoms with E-state index in [9.17, 15) is 9.59 Å². The first-order valence-electron chi connectivity index (χ1n) is 7.31. The molecule has 0 fully saturated rings. The van der Waals surface area contributed by atoms with Gasteiger partial charge in [0.05, 0.1) is 25.4 Å². The molecule has 0 spiro atoms. The van der Waals surface area contributed by atoms with Crippen LogP contribution in [0, 0.1) is 0 Å². The van der Waals surface area contributed by atoms with Gasteiger partial charge in [-0.05, 0) is 31.2 Å². The molecule has 1 aliphatic rings. The van der Waals surface area contributed by atoms with E-state index in [-0.39, 0.29) is 13.2 Å². The van der Waals surface area contributed by atoms with Crippen LogP contribution in [0.5, 0.6) is 0 Å². The minimum Gasteiger partial charge on any atom is -0.394 e. The first kappa shape index (κ1) is 16.7. The normalized spacial score (nSPS) is 13.5. The maximum absolute atomic E-state index is 11.9. The summed E-state index contributed by atoms with van der Waals surface area (Å²) in [6.45, 7) is 0.835. The van der Waals surface area contributed by atoms with Crippen molar-refractivity contribution >= 4 is 28.3 Å². The molecule has 2 rings (SSSR count). The van der Waals surface area contributed by atoms with Crippen LogP contribution < -0.4 is 16.4 Å². The molecule has 22 heavy (non-hydrogen) atoms. The Morgan fingerprint density at radius 3 is 2.77 bits per heavy atom. The first-order chi connectivity index (χ1) is 10.6. The zero-order valence-electron chi connectivity index (χ0n) is 12.3. The Morgan fingerprint density at radius 2 is 2.05 bits per heavy atom. The number of hydrogen-bond acceptors (Lipinski definition) is 5. The number of primary amides is 1. The zero-order valence-corrected chi connectivity index (χ0v) is 13.1. The molecule has 5 N–H and O–H groups in total. The number of amides is 3. The minimum atomic E-state index is -0.499. The third kappa shape index (κ3) is 4.19. The van der Waals surface area contributed by atoms with Gasteiger partial charge in [0.1, 0.15) is 5.00 Å². The van der Waals surface area contributed by atoms with Gasteiger partial charge >= 0.3 is 6.03 Å². The van der Waals surface area contributed by atoms with Crippen molar-refractivity contribution in [1.82, 2.24) is 5.32 Å². The molecule has 1 aromatic heterocycles. The summed E-state index contributed by atoms with van der Waals surface area (Å²) in [5.74, 6) is -0.499. The van der Waals surface area contributed by atoms with Gasteiger partial charge in [-0.25, -0.2) is 4.79 Å². The molecule has 0 bridgehead atoms. The average Bonchev–Trinajstić information content (AvgIpc) is 2.84. The summed E-state index contributed by atoms with van der Waals surface area (Å²) in [5, 5.41) is 14.4. The molecule has 7 nitrogen and oxygen atoms in total. The van der Waals surface area contributed by atoms with Crippen LogP contribution in [0.1, 0.15) is 33.6 Å². The van der Waals surface area contributed by atoms with Gasteiger partial charge in [-0.1, -0.05) is 0 Å². The van der Waals surface area contributed by atoms with Crippen LogP contribution in [0.4, 0.5) is 9.80 Å². The number of rotatable bonds is 7. The van der Waals surface area contributed by atoms with E-state index in [1.807, 2.05) is 0 Å². The summed E-state index contributed by atoms with van der Waals surface area (Å²) in [5.41, 5.74) is 6.91. The molecule has 0 saturated carbocycles. The van der Waals surface area contributed by atoms with Crippen LogP contribution in [0.3, 0.4) is 0 Å². The Bertz CT molecular complexity index is 544. The maximum atomic E-state index is 11.9. The average molecular weight is 327 g/mol. The highest BCUT2D eigenvalue weighted by Crippen LogP contribution is 2.37. The van der Waals surface area contributed by atoms with Crippen molar-refractivity contribution < 1.29 is 19.4 Å². The summed E-state index contributed by atoms with van der Waals surface area (Å²) in [7, 11) is 0. The summed E-state index contributed by atoms with van der Waals surface area (Å²) in [6, 6.07) is -0.395. The highest BCUT2D eigenvalue weighted by atomic mass is 32.1. The molecule has 1 aromatic rings. The van der Waals surface area contributed by atoms with Crippen LogP contribution in [-0.2, 0) is 17.6 Å². The lowest BCUT2D eigenvalue weighted by atomic mass is 9.95. The van der Waals surface area contributed by atoms with Crippen molar-refractivity contribution in [2.24, 2.45) is 5.73 Å². The first-order valence-corrected chi connectivity index (χ1v) is 8.13. The van der Waals surface area contributed by atoms with Crippen molar-refractivity contribution in [1.29, 1.82) is 0 Å². The molecule has 122 valence electrons. The molecule has 0 aliphatic heterocycles. The molecular formula is C14H21N3O4S. The van der Waals surface area contributed by atoms with Gasteiger partial charge in [-0.2, -0.15) is 0 Å².